The van der Waals surface area contributed by atoms with Crippen molar-refractivity contribution >= 4 is 11.8 Å². The van der Waals surface area contributed by atoms with E-state index >= 15 is 0 Å². The molecule has 4 nitrogen and oxygen atoms in total. The van der Waals surface area contributed by atoms with Crippen LogP contribution < -0.4 is 10.6 Å². The molecule has 0 bridgehead atoms. The molecule has 136 valence electrons. The predicted octanol–water partition coefficient (Wildman–Crippen LogP) is 2.88. The van der Waals surface area contributed by atoms with E-state index in [4.69, 9.17) is 0 Å². The second-order valence-electron chi connectivity index (χ2n) is 6.39. The van der Waals surface area contributed by atoms with Crippen LogP contribution in [0.1, 0.15) is 36.3 Å². The maximum Gasteiger partial charge on any atom is 0.242 e. The zero-order valence-corrected chi connectivity index (χ0v) is 14.2. The van der Waals surface area contributed by atoms with E-state index in [1.54, 1.807) is 24.3 Å². The lowest BCUT2D eigenvalue weighted by atomic mass is 9.88. The minimum absolute atomic E-state index is 0.102. The molecule has 1 aliphatic heterocycles. The average Bonchev–Trinajstić information content (AvgIpc) is 3.07. The molecule has 1 saturated heterocycles. The minimum atomic E-state index is -0.474. The highest BCUT2D eigenvalue weighted by Gasteiger charge is 2.27. The number of carbonyl (C=O) groups is 2. The van der Waals surface area contributed by atoms with Crippen molar-refractivity contribution < 1.29 is 18.4 Å². The average molecular weight is 358 g/mol. The van der Waals surface area contributed by atoms with Gasteiger partial charge in [-0.2, -0.15) is 0 Å². The second-order valence-corrected chi connectivity index (χ2v) is 6.39. The van der Waals surface area contributed by atoms with Crippen molar-refractivity contribution in [3.8, 4) is 0 Å². The van der Waals surface area contributed by atoms with Crippen LogP contribution in [0.15, 0.2) is 48.5 Å². The molecule has 2 N–H and O–H groups in total. The molecule has 0 aromatic heterocycles. The molecule has 1 heterocycles. The first-order valence-corrected chi connectivity index (χ1v) is 8.61. The lowest BCUT2D eigenvalue weighted by molar-refractivity contribution is -0.125. The predicted molar refractivity (Wildman–Crippen MR) is 93.4 cm³/mol. The first-order valence-electron chi connectivity index (χ1n) is 8.61. The maximum atomic E-state index is 13.2. The van der Waals surface area contributed by atoms with Crippen LogP contribution in [-0.4, -0.2) is 24.4 Å². The summed E-state index contributed by atoms with van der Waals surface area (Å²) in [6.07, 6.45) is 1.44. The molecule has 2 amide bonds. The summed E-state index contributed by atoms with van der Waals surface area (Å²) in [5.74, 6) is -1.06. The molecule has 1 aliphatic rings. The number of halogens is 2. The molecule has 0 radical (unpaired) electrons. The van der Waals surface area contributed by atoms with Crippen LogP contribution >= 0.6 is 0 Å². The van der Waals surface area contributed by atoms with Gasteiger partial charge in [0.2, 0.25) is 11.8 Å². The van der Waals surface area contributed by atoms with Gasteiger partial charge in [0, 0.05) is 18.9 Å². The molecule has 0 unspecified atom stereocenters. The summed E-state index contributed by atoms with van der Waals surface area (Å²) in [5, 5.41) is 5.47. The van der Waals surface area contributed by atoms with E-state index in [0.717, 1.165) is 11.1 Å². The van der Waals surface area contributed by atoms with Crippen molar-refractivity contribution in [2.75, 3.05) is 6.54 Å². The molecular weight excluding hydrogens is 338 g/mol. The molecule has 0 spiro atoms. The normalized spacial score (nSPS) is 16.6. The number of hydrogen-bond donors (Lipinski definition) is 2. The van der Waals surface area contributed by atoms with Crippen molar-refractivity contribution in [3.05, 3.63) is 71.3 Å². The highest BCUT2D eigenvalue weighted by molar-refractivity contribution is 5.90. The van der Waals surface area contributed by atoms with E-state index in [9.17, 15) is 18.4 Å². The van der Waals surface area contributed by atoms with E-state index in [2.05, 4.69) is 10.6 Å². The third kappa shape index (κ3) is 4.45. The monoisotopic (exact) mass is 358 g/mol. The molecule has 26 heavy (non-hydrogen) atoms. The van der Waals surface area contributed by atoms with Crippen molar-refractivity contribution in [2.24, 2.45) is 0 Å². The topological polar surface area (TPSA) is 58.2 Å². The fraction of sp³-hybridized carbons (Fsp3) is 0.300. The van der Waals surface area contributed by atoms with Gasteiger partial charge in [0.1, 0.15) is 17.7 Å². The largest absolute Gasteiger partial charge is 0.354 e. The van der Waals surface area contributed by atoms with Gasteiger partial charge in [0.05, 0.1) is 0 Å². The Morgan fingerprint density at radius 2 is 1.58 bits per heavy atom. The highest BCUT2D eigenvalue weighted by Crippen LogP contribution is 2.28. The van der Waals surface area contributed by atoms with Crippen LogP contribution in [0, 0.1) is 11.6 Å². The first kappa shape index (κ1) is 18.0. The zero-order chi connectivity index (χ0) is 18.5. The minimum Gasteiger partial charge on any atom is -0.354 e. The van der Waals surface area contributed by atoms with Crippen molar-refractivity contribution in [2.45, 2.75) is 31.2 Å². The second kappa shape index (κ2) is 8.08. The van der Waals surface area contributed by atoms with Gasteiger partial charge in [0.15, 0.2) is 0 Å². The standard InChI is InChI=1S/C20H20F2N2O2/c21-15-5-1-13(2-6-15)17(14-3-7-16(22)8-4-14)11-12-23-20(26)18-9-10-19(25)24-18/h1-8,17-18H,9-12H2,(H,23,26)(H,24,25)/t18-/m0/s1. The Kier molecular flexibility index (Phi) is 5.61. The van der Waals surface area contributed by atoms with Crippen molar-refractivity contribution in [1.82, 2.24) is 10.6 Å². The smallest absolute Gasteiger partial charge is 0.242 e. The van der Waals surface area contributed by atoms with Gasteiger partial charge >= 0.3 is 0 Å². The summed E-state index contributed by atoms with van der Waals surface area (Å²) in [5.41, 5.74) is 1.78. The summed E-state index contributed by atoms with van der Waals surface area (Å²) >= 11 is 0. The van der Waals surface area contributed by atoms with Gasteiger partial charge in [0.25, 0.3) is 0 Å². The molecular formula is C20H20F2N2O2. The Morgan fingerprint density at radius 3 is 2.04 bits per heavy atom. The molecule has 0 aliphatic carbocycles. The number of hydrogen-bond acceptors (Lipinski definition) is 2. The van der Waals surface area contributed by atoms with E-state index < -0.39 is 6.04 Å². The van der Waals surface area contributed by atoms with Crippen molar-refractivity contribution in [1.29, 1.82) is 0 Å². The number of benzene rings is 2. The summed E-state index contributed by atoms with van der Waals surface area (Å²) in [6, 6.07) is 11.9. The molecule has 3 rings (SSSR count). The lowest BCUT2D eigenvalue weighted by Crippen LogP contribution is -2.42. The lowest BCUT2D eigenvalue weighted by Gasteiger charge is -2.19. The SMILES string of the molecule is O=C1CC[C@@H](C(=O)NCCC(c2ccc(F)cc2)c2ccc(F)cc2)N1. The third-order valence-corrected chi connectivity index (χ3v) is 4.59. The van der Waals surface area contributed by atoms with E-state index in [1.165, 1.54) is 24.3 Å². The molecule has 2 aromatic rings. The fourth-order valence-corrected chi connectivity index (χ4v) is 3.19. The van der Waals surface area contributed by atoms with Gasteiger partial charge < -0.3 is 10.6 Å². The number of carbonyl (C=O) groups excluding carboxylic acids is 2. The summed E-state index contributed by atoms with van der Waals surface area (Å²) < 4.78 is 26.5. The zero-order valence-electron chi connectivity index (χ0n) is 14.2. The Hall–Kier alpha value is -2.76. The van der Waals surface area contributed by atoms with Crippen LogP contribution in [0.5, 0.6) is 0 Å². The number of nitrogens with one attached hydrogen (secondary N) is 2. The third-order valence-electron chi connectivity index (χ3n) is 4.59. The highest BCUT2D eigenvalue weighted by atomic mass is 19.1. The number of rotatable bonds is 6. The Labute approximate surface area is 150 Å². The van der Waals surface area contributed by atoms with Crippen LogP contribution in [-0.2, 0) is 9.59 Å². The van der Waals surface area contributed by atoms with Gasteiger partial charge in [-0.15, -0.1) is 0 Å². The quantitative estimate of drug-likeness (QED) is 0.834. The summed E-state index contributed by atoms with van der Waals surface area (Å²) in [4.78, 5) is 23.3. The summed E-state index contributed by atoms with van der Waals surface area (Å²) in [7, 11) is 0. The van der Waals surface area contributed by atoms with E-state index in [-0.39, 0.29) is 29.4 Å². The van der Waals surface area contributed by atoms with Crippen LogP contribution in [0.3, 0.4) is 0 Å². The van der Waals surface area contributed by atoms with Crippen LogP contribution in [0.4, 0.5) is 8.78 Å². The van der Waals surface area contributed by atoms with Gasteiger partial charge in [-0.3, -0.25) is 9.59 Å². The van der Waals surface area contributed by atoms with E-state index in [1.807, 2.05) is 0 Å². The fourth-order valence-electron chi connectivity index (χ4n) is 3.19. The van der Waals surface area contributed by atoms with Gasteiger partial charge in [-0.25, -0.2) is 8.78 Å². The van der Waals surface area contributed by atoms with Crippen molar-refractivity contribution in [3.63, 3.8) is 0 Å². The van der Waals surface area contributed by atoms with Gasteiger partial charge in [-0.05, 0) is 48.2 Å². The Balaban J connectivity index is 1.67. The van der Waals surface area contributed by atoms with Crippen LogP contribution in [0.25, 0.3) is 0 Å². The molecule has 1 fully saturated rings. The number of amides is 2. The molecule has 6 heteroatoms. The Morgan fingerprint density at radius 1 is 1.04 bits per heavy atom. The van der Waals surface area contributed by atoms with Crippen LogP contribution in [0.2, 0.25) is 0 Å². The Bertz CT molecular complexity index is 730. The molecule has 2 aromatic carbocycles. The molecule has 1 atom stereocenters. The van der Waals surface area contributed by atoms with E-state index in [0.29, 0.717) is 25.8 Å². The summed E-state index contributed by atoms with van der Waals surface area (Å²) in [6.45, 7) is 0.393. The molecule has 0 saturated carbocycles. The maximum absolute atomic E-state index is 13.2. The first-order chi connectivity index (χ1) is 12.5. The van der Waals surface area contributed by atoms with Gasteiger partial charge in [-0.1, -0.05) is 24.3 Å².